The fourth-order valence-electron chi connectivity index (χ4n) is 2.92. The number of methoxy groups -OCH3 is 1. The van der Waals surface area contributed by atoms with Crippen LogP contribution in [0.25, 0.3) is 11.1 Å². The van der Waals surface area contributed by atoms with Gasteiger partial charge in [-0.2, -0.15) is 0 Å². The van der Waals surface area contributed by atoms with Gasteiger partial charge in [0, 0.05) is 12.0 Å². The molecule has 3 aromatic rings. The van der Waals surface area contributed by atoms with Crippen LogP contribution in [-0.4, -0.2) is 25.2 Å². The fourth-order valence-corrected chi connectivity index (χ4v) is 2.92. The molecule has 0 amide bonds. The Labute approximate surface area is 170 Å². The van der Waals surface area contributed by atoms with Crippen LogP contribution in [0.1, 0.15) is 26.3 Å². The summed E-state index contributed by atoms with van der Waals surface area (Å²) in [4.78, 5) is 24.5. The summed E-state index contributed by atoms with van der Waals surface area (Å²) in [6, 6.07) is 20.3. The number of ketones is 1. The minimum Gasteiger partial charge on any atom is -0.465 e. The molecule has 0 aliphatic heterocycles. The maximum absolute atomic E-state index is 12.6. The molecule has 0 spiro atoms. The molecule has 0 atom stereocenters. The summed E-state index contributed by atoms with van der Waals surface area (Å²) in [5.41, 5.74) is 2.37. The number of hydrogen-bond acceptors (Lipinski definition) is 4. The highest BCUT2D eigenvalue weighted by molar-refractivity contribution is 6.01. The van der Waals surface area contributed by atoms with Crippen LogP contribution >= 0.6 is 0 Å². The lowest BCUT2D eigenvalue weighted by Crippen LogP contribution is -2.19. The zero-order valence-electron chi connectivity index (χ0n) is 15.9. The van der Waals surface area contributed by atoms with Crippen molar-refractivity contribution in [1.82, 2.24) is 0 Å². The molecular formula is C23H17F3O4. The highest BCUT2D eigenvalue weighted by atomic mass is 19.4. The number of alkyl halides is 3. The van der Waals surface area contributed by atoms with Crippen LogP contribution in [0.15, 0.2) is 72.8 Å². The Balaban J connectivity index is 1.80. The van der Waals surface area contributed by atoms with Gasteiger partial charge in [0.15, 0.2) is 5.78 Å². The molecule has 0 saturated carbocycles. The van der Waals surface area contributed by atoms with E-state index in [9.17, 15) is 22.8 Å². The lowest BCUT2D eigenvalue weighted by atomic mass is 9.98. The summed E-state index contributed by atoms with van der Waals surface area (Å²) < 4.78 is 46.0. The highest BCUT2D eigenvalue weighted by Crippen LogP contribution is 2.28. The molecule has 0 saturated heterocycles. The van der Waals surface area contributed by atoms with Crippen LogP contribution in [0.3, 0.4) is 0 Å². The first-order valence-electron chi connectivity index (χ1n) is 8.92. The maximum Gasteiger partial charge on any atom is 0.573 e. The molecule has 0 N–H and O–H groups in total. The number of ether oxygens (including phenoxy) is 2. The predicted molar refractivity (Wildman–Crippen MR) is 104 cm³/mol. The molecule has 0 heterocycles. The maximum atomic E-state index is 12.6. The van der Waals surface area contributed by atoms with Crippen molar-refractivity contribution in [3.8, 4) is 16.9 Å². The van der Waals surface area contributed by atoms with Crippen LogP contribution in [0.5, 0.6) is 5.75 Å². The molecule has 30 heavy (non-hydrogen) atoms. The molecule has 154 valence electrons. The normalized spacial score (nSPS) is 11.1. The van der Waals surface area contributed by atoms with Gasteiger partial charge < -0.3 is 9.47 Å². The van der Waals surface area contributed by atoms with Gasteiger partial charge >= 0.3 is 12.3 Å². The summed E-state index contributed by atoms with van der Waals surface area (Å²) in [7, 11) is 1.03. The Morgan fingerprint density at radius 3 is 2.10 bits per heavy atom. The number of carbonyl (C=O) groups excluding carboxylic acids is 2. The molecule has 0 aliphatic rings. The van der Waals surface area contributed by atoms with Crippen LogP contribution < -0.4 is 4.74 Å². The lowest BCUT2D eigenvalue weighted by Gasteiger charge is -2.13. The van der Waals surface area contributed by atoms with Crippen molar-refractivity contribution in [1.29, 1.82) is 0 Å². The molecule has 3 rings (SSSR count). The highest BCUT2D eigenvalue weighted by Gasteiger charge is 2.33. The van der Waals surface area contributed by atoms with Crippen molar-refractivity contribution in [2.24, 2.45) is 0 Å². The number of halogens is 3. The molecule has 0 aliphatic carbocycles. The number of hydrogen-bond donors (Lipinski definition) is 0. The van der Waals surface area contributed by atoms with E-state index in [1.165, 1.54) is 6.07 Å². The largest absolute Gasteiger partial charge is 0.573 e. The van der Waals surface area contributed by atoms with E-state index in [0.29, 0.717) is 0 Å². The number of carbonyl (C=O) groups is 2. The van der Waals surface area contributed by atoms with E-state index in [-0.39, 0.29) is 17.8 Å². The zero-order valence-corrected chi connectivity index (χ0v) is 15.9. The van der Waals surface area contributed by atoms with Gasteiger partial charge in [-0.15, -0.1) is 13.2 Å². The van der Waals surface area contributed by atoms with Crippen molar-refractivity contribution in [3.63, 3.8) is 0 Å². The van der Waals surface area contributed by atoms with Crippen LogP contribution in [0.4, 0.5) is 13.2 Å². The average molecular weight is 414 g/mol. The van der Waals surface area contributed by atoms with Gasteiger partial charge in [-0.3, -0.25) is 4.79 Å². The molecule has 0 radical (unpaired) electrons. The number of esters is 1. The Morgan fingerprint density at radius 1 is 0.867 bits per heavy atom. The molecule has 4 nitrogen and oxygen atoms in total. The molecule has 0 bridgehead atoms. The third kappa shape index (κ3) is 5.26. The van der Waals surface area contributed by atoms with Gasteiger partial charge in [-0.05, 0) is 34.9 Å². The second-order valence-electron chi connectivity index (χ2n) is 6.41. The first kappa shape index (κ1) is 21.1. The van der Waals surface area contributed by atoms with Gasteiger partial charge in [0.05, 0.1) is 7.11 Å². The lowest BCUT2D eigenvalue weighted by molar-refractivity contribution is -0.274. The summed E-state index contributed by atoms with van der Waals surface area (Å²) >= 11 is 0. The van der Waals surface area contributed by atoms with E-state index < -0.39 is 23.6 Å². The Bertz CT molecular complexity index is 1040. The van der Waals surface area contributed by atoms with Gasteiger partial charge in [0.1, 0.15) is 11.3 Å². The van der Waals surface area contributed by atoms with E-state index in [1.54, 1.807) is 0 Å². The van der Waals surface area contributed by atoms with Crippen LogP contribution in [0.2, 0.25) is 0 Å². The Morgan fingerprint density at radius 2 is 1.50 bits per heavy atom. The van der Waals surface area contributed by atoms with Crippen LogP contribution in [-0.2, 0) is 11.2 Å². The van der Waals surface area contributed by atoms with Crippen molar-refractivity contribution < 1.29 is 32.2 Å². The fraction of sp³-hybridized carbons (Fsp3) is 0.130. The Kier molecular flexibility index (Phi) is 6.20. The zero-order chi connectivity index (χ0) is 21.7. The Hall–Kier alpha value is -3.61. The smallest absolute Gasteiger partial charge is 0.465 e. The summed E-state index contributed by atoms with van der Waals surface area (Å²) in [6.07, 6.45) is -4.95. The van der Waals surface area contributed by atoms with Crippen LogP contribution in [0, 0.1) is 0 Å². The van der Waals surface area contributed by atoms with Crippen molar-refractivity contribution in [3.05, 3.63) is 89.5 Å². The van der Waals surface area contributed by atoms with Gasteiger partial charge in [0.2, 0.25) is 0 Å². The average Bonchev–Trinajstić information content (AvgIpc) is 2.73. The molecular weight excluding hydrogens is 397 g/mol. The SMILES string of the molecule is COC(=O)c1cc(C(=O)Cc2ccc(-c3ccccc3)cc2)ccc1OC(F)(F)F. The van der Waals surface area contributed by atoms with Gasteiger partial charge in [-0.1, -0.05) is 54.6 Å². The monoisotopic (exact) mass is 414 g/mol. The topological polar surface area (TPSA) is 52.6 Å². The van der Waals surface area contributed by atoms with E-state index in [4.69, 9.17) is 0 Å². The summed E-state index contributed by atoms with van der Waals surface area (Å²) in [5, 5.41) is 0. The minimum atomic E-state index is -4.98. The van der Waals surface area contributed by atoms with Crippen molar-refractivity contribution >= 4 is 11.8 Å². The molecule has 7 heteroatoms. The number of Topliss-reactive ketones (excluding diaryl/α,β-unsaturated/α-hetero) is 1. The molecule has 0 unspecified atom stereocenters. The van der Waals surface area contributed by atoms with E-state index in [2.05, 4.69) is 9.47 Å². The summed E-state index contributed by atoms with van der Waals surface area (Å²) in [6.45, 7) is 0. The minimum absolute atomic E-state index is 0.0230. The van der Waals surface area contributed by atoms with Crippen molar-refractivity contribution in [2.45, 2.75) is 12.8 Å². The quantitative estimate of drug-likeness (QED) is 0.397. The molecule has 0 fully saturated rings. The van der Waals surface area contributed by atoms with E-state index in [0.717, 1.165) is 35.9 Å². The standard InChI is InChI=1S/C23H17F3O4/c1-29-22(28)19-14-18(11-12-21(19)30-23(24,25)26)20(27)13-15-7-9-17(10-8-15)16-5-3-2-4-6-16/h2-12,14H,13H2,1H3. The summed E-state index contributed by atoms with van der Waals surface area (Å²) in [5.74, 6) is -2.11. The molecule has 0 aromatic heterocycles. The van der Waals surface area contributed by atoms with E-state index in [1.807, 2.05) is 54.6 Å². The number of benzene rings is 3. The first-order valence-corrected chi connectivity index (χ1v) is 8.92. The third-order valence-corrected chi connectivity index (χ3v) is 4.36. The van der Waals surface area contributed by atoms with E-state index >= 15 is 0 Å². The van der Waals surface area contributed by atoms with Gasteiger partial charge in [0.25, 0.3) is 0 Å². The third-order valence-electron chi connectivity index (χ3n) is 4.36. The second kappa shape index (κ2) is 8.82. The predicted octanol–water partition coefficient (Wildman–Crippen LogP) is 5.46. The second-order valence-corrected chi connectivity index (χ2v) is 6.41. The first-order chi connectivity index (χ1) is 14.3. The van der Waals surface area contributed by atoms with Crippen molar-refractivity contribution in [2.75, 3.05) is 7.11 Å². The number of rotatable bonds is 6. The molecule has 3 aromatic carbocycles. The van der Waals surface area contributed by atoms with Gasteiger partial charge in [-0.25, -0.2) is 4.79 Å².